The van der Waals surface area contributed by atoms with E-state index in [1.807, 2.05) is 0 Å². The van der Waals surface area contributed by atoms with E-state index in [9.17, 15) is 12.8 Å². The van der Waals surface area contributed by atoms with Crippen LogP contribution in [0, 0.1) is 17.1 Å². The van der Waals surface area contributed by atoms with Crippen molar-refractivity contribution in [2.45, 2.75) is 11.3 Å². The molecular weight excluding hydrogens is 303 g/mol. The van der Waals surface area contributed by atoms with Gasteiger partial charge in [-0.1, -0.05) is 0 Å². The number of nitriles is 1. The monoisotopic (exact) mass is 318 g/mol. The highest BCUT2D eigenvalue weighted by Gasteiger charge is 2.15. The van der Waals surface area contributed by atoms with Crippen LogP contribution in [0.5, 0.6) is 0 Å². The Morgan fingerprint density at radius 3 is 2.80 bits per heavy atom. The standard InChI is InChI=1S/C12H15FN2O3S2/c13-12-3-2-11(8-10(12)9-14)20(17,18)15-4-7-19-6-1-5-16/h2-3,8,15-16H,1,4-7H2. The first kappa shape index (κ1) is 16.9. The zero-order chi connectivity index (χ0) is 15.0. The van der Waals surface area contributed by atoms with Gasteiger partial charge < -0.3 is 5.11 Å². The molecule has 0 bridgehead atoms. The third-order valence-corrected chi connectivity index (χ3v) is 4.88. The Morgan fingerprint density at radius 1 is 1.40 bits per heavy atom. The van der Waals surface area contributed by atoms with E-state index in [2.05, 4.69) is 4.72 Å². The Hall–Kier alpha value is -1.14. The lowest BCUT2D eigenvalue weighted by Crippen LogP contribution is -2.26. The van der Waals surface area contributed by atoms with E-state index in [4.69, 9.17) is 10.4 Å². The molecule has 0 aromatic heterocycles. The number of hydrogen-bond acceptors (Lipinski definition) is 5. The Morgan fingerprint density at radius 2 is 2.15 bits per heavy atom. The number of rotatable bonds is 8. The van der Waals surface area contributed by atoms with Crippen LogP contribution in [0.4, 0.5) is 4.39 Å². The van der Waals surface area contributed by atoms with Crippen molar-refractivity contribution in [1.82, 2.24) is 4.72 Å². The van der Waals surface area contributed by atoms with Gasteiger partial charge in [-0.15, -0.1) is 0 Å². The normalized spacial score (nSPS) is 11.2. The summed E-state index contributed by atoms with van der Waals surface area (Å²) in [5.74, 6) is 0.588. The zero-order valence-corrected chi connectivity index (χ0v) is 12.3. The largest absolute Gasteiger partial charge is 0.396 e. The second-order valence-electron chi connectivity index (χ2n) is 3.84. The van der Waals surface area contributed by atoms with Gasteiger partial charge in [-0.25, -0.2) is 17.5 Å². The number of aliphatic hydroxyl groups excluding tert-OH is 1. The van der Waals surface area contributed by atoms with E-state index in [0.29, 0.717) is 12.2 Å². The summed E-state index contributed by atoms with van der Waals surface area (Å²) in [6.45, 7) is 0.350. The van der Waals surface area contributed by atoms with Gasteiger partial charge in [0.2, 0.25) is 10.0 Å². The predicted octanol–water partition coefficient (Wildman–Crippen LogP) is 1.09. The number of hydrogen-bond donors (Lipinski definition) is 2. The highest BCUT2D eigenvalue weighted by atomic mass is 32.2. The molecule has 110 valence electrons. The molecule has 0 saturated heterocycles. The number of nitrogens with one attached hydrogen (secondary N) is 1. The van der Waals surface area contributed by atoms with Crippen molar-refractivity contribution in [1.29, 1.82) is 5.26 Å². The topological polar surface area (TPSA) is 90.2 Å². The van der Waals surface area contributed by atoms with Crippen molar-refractivity contribution in [3.05, 3.63) is 29.6 Å². The molecule has 0 saturated carbocycles. The molecule has 1 aromatic carbocycles. The van der Waals surface area contributed by atoms with Gasteiger partial charge in [0, 0.05) is 18.9 Å². The Bertz CT molecular complexity index is 585. The lowest BCUT2D eigenvalue weighted by Gasteiger charge is -2.07. The summed E-state index contributed by atoms with van der Waals surface area (Å²) in [6, 6.07) is 4.70. The molecular formula is C12H15FN2O3S2. The molecule has 0 aliphatic carbocycles. The number of halogens is 1. The average Bonchev–Trinajstić information content (AvgIpc) is 2.43. The van der Waals surface area contributed by atoms with Crippen molar-refractivity contribution in [3.8, 4) is 6.07 Å². The van der Waals surface area contributed by atoms with Crippen LogP contribution in [0.3, 0.4) is 0 Å². The first-order valence-electron chi connectivity index (χ1n) is 5.89. The number of benzene rings is 1. The van der Waals surface area contributed by atoms with E-state index in [1.165, 1.54) is 11.8 Å². The van der Waals surface area contributed by atoms with Crippen molar-refractivity contribution in [2.24, 2.45) is 0 Å². The number of sulfonamides is 1. The Labute approximate surface area is 121 Å². The minimum absolute atomic E-state index is 0.116. The van der Waals surface area contributed by atoms with Gasteiger partial charge in [-0.05, 0) is 30.4 Å². The number of aliphatic hydroxyl groups is 1. The number of nitrogens with zero attached hydrogens (tertiary/aromatic N) is 1. The molecule has 0 atom stereocenters. The van der Waals surface area contributed by atoms with Gasteiger partial charge in [-0.3, -0.25) is 0 Å². The summed E-state index contributed by atoms with van der Waals surface area (Å²) >= 11 is 1.52. The first-order chi connectivity index (χ1) is 9.51. The molecule has 0 aliphatic heterocycles. The van der Waals surface area contributed by atoms with Crippen LogP contribution < -0.4 is 4.72 Å². The van der Waals surface area contributed by atoms with Crippen molar-refractivity contribution in [2.75, 3.05) is 24.7 Å². The predicted molar refractivity (Wildman–Crippen MR) is 75.3 cm³/mol. The maximum absolute atomic E-state index is 13.1. The highest BCUT2D eigenvalue weighted by molar-refractivity contribution is 7.99. The van der Waals surface area contributed by atoms with Crippen molar-refractivity contribution < 1.29 is 17.9 Å². The zero-order valence-electron chi connectivity index (χ0n) is 10.7. The Kier molecular flexibility index (Phi) is 6.95. The molecule has 1 rings (SSSR count). The van der Waals surface area contributed by atoms with Gasteiger partial charge in [0.25, 0.3) is 0 Å². The highest BCUT2D eigenvalue weighted by Crippen LogP contribution is 2.14. The van der Waals surface area contributed by atoms with Gasteiger partial charge >= 0.3 is 0 Å². The lowest BCUT2D eigenvalue weighted by molar-refractivity contribution is 0.296. The average molecular weight is 318 g/mol. The molecule has 0 radical (unpaired) electrons. The molecule has 0 aliphatic rings. The minimum Gasteiger partial charge on any atom is -0.396 e. The second-order valence-corrected chi connectivity index (χ2v) is 6.83. The van der Waals surface area contributed by atoms with Crippen LogP contribution in [0.2, 0.25) is 0 Å². The molecule has 0 heterocycles. The molecule has 0 spiro atoms. The van der Waals surface area contributed by atoms with Crippen molar-refractivity contribution >= 4 is 21.8 Å². The summed E-state index contributed by atoms with van der Waals surface area (Å²) in [4.78, 5) is -0.129. The van der Waals surface area contributed by atoms with Gasteiger partial charge in [0.15, 0.2) is 0 Å². The fourth-order valence-electron chi connectivity index (χ4n) is 1.36. The van der Waals surface area contributed by atoms with Crippen LogP contribution >= 0.6 is 11.8 Å². The summed E-state index contributed by atoms with van der Waals surface area (Å²) in [5.41, 5.74) is -0.301. The fourth-order valence-corrected chi connectivity index (χ4v) is 3.33. The Balaban J connectivity index is 2.59. The van der Waals surface area contributed by atoms with Gasteiger partial charge in [0.1, 0.15) is 11.9 Å². The van der Waals surface area contributed by atoms with Gasteiger partial charge in [0.05, 0.1) is 10.5 Å². The van der Waals surface area contributed by atoms with E-state index >= 15 is 0 Å². The molecule has 8 heteroatoms. The third-order valence-electron chi connectivity index (χ3n) is 2.35. The molecule has 5 nitrogen and oxygen atoms in total. The summed E-state index contributed by atoms with van der Waals surface area (Å²) in [7, 11) is -3.73. The van der Waals surface area contributed by atoms with Crippen LogP contribution in [0.15, 0.2) is 23.1 Å². The second kappa shape index (κ2) is 8.21. The van der Waals surface area contributed by atoms with Crippen molar-refractivity contribution in [3.63, 3.8) is 0 Å². The first-order valence-corrected chi connectivity index (χ1v) is 8.53. The van der Waals surface area contributed by atoms with Crippen LogP contribution in [0.25, 0.3) is 0 Å². The quantitative estimate of drug-likeness (QED) is 0.700. The van der Waals surface area contributed by atoms with E-state index < -0.39 is 15.8 Å². The molecule has 0 fully saturated rings. The minimum atomic E-state index is -3.73. The smallest absolute Gasteiger partial charge is 0.240 e. The van der Waals surface area contributed by atoms with E-state index in [-0.39, 0.29) is 23.6 Å². The molecule has 2 N–H and O–H groups in total. The molecule has 20 heavy (non-hydrogen) atoms. The maximum atomic E-state index is 13.1. The third kappa shape index (κ3) is 5.09. The molecule has 0 unspecified atom stereocenters. The van der Waals surface area contributed by atoms with Gasteiger partial charge in [-0.2, -0.15) is 17.0 Å². The summed E-state index contributed by atoms with van der Waals surface area (Å²) < 4.78 is 39.3. The lowest BCUT2D eigenvalue weighted by atomic mass is 10.2. The maximum Gasteiger partial charge on any atom is 0.240 e. The van der Waals surface area contributed by atoms with Crippen LogP contribution in [-0.4, -0.2) is 38.2 Å². The van der Waals surface area contributed by atoms with Crippen LogP contribution in [-0.2, 0) is 10.0 Å². The summed E-state index contributed by atoms with van der Waals surface area (Å²) in [6.07, 6.45) is 0.668. The van der Waals surface area contributed by atoms with E-state index in [1.54, 1.807) is 6.07 Å². The molecule has 1 aromatic rings. The number of thioether (sulfide) groups is 1. The molecule has 0 amide bonds. The summed E-state index contributed by atoms with van der Waals surface area (Å²) in [5, 5.41) is 17.3. The van der Waals surface area contributed by atoms with E-state index in [0.717, 1.165) is 24.0 Å². The van der Waals surface area contributed by atoms with Crippen LogP contribution in [0.1, 0.15) is 12.0 Å². The SMILES string of the molecule is N#Cc1cc(S(=O)(=O)NCCSCCCO)ccc1F. The fraction of sp³-hybridized carbons (Fsp3) is 0.417.